The van der Waals surface area contributed by atoms with Gasteiger partial charge >= 0.3 is 0 Å². The third-order valence-corrected chi connectivity index (χ3v) is 6.93. The van der Waals surface area contributed by atoms with Gasteiger partial charge in [-0.25, -0.2) is 0 Å². The normalized spacial score (nSPS) is 23.2. The van der Waals surface area contributed by atoms with Gasteiger partial charge in [0.25, 0.3) is 0 Å². The molecule has 2 aromatic carbocycles. The van der Waals surface area contributed by atoms with Crippen LogP contribution in [0.1, 0.15) is 37.7 Å². The number of carbonyl (C=O) groups excluding carboxylic acids is 2. The second-order valence-corrected chi connectivity index (χ2v) is 9.30. The van der Waals surface area contributed by atoms with Gasteiger partial charge in [-0.15, -0.1) is 0 Å². The van der Waals surface area contributed by atoms with E-state index in [1.54, 1.807) is 0 Å². The number of allylic oxidation sites excluding steroid dienone is 2. The highest BCUT2D eigenvalue weighted by Gasteiger charge is 2.45. The molecule has 1 aliphatic heterocycles. The van der Waals surface area contributed by atoms with Crippen molar-refractivity contribution in [1.82, 2.24) is 4.90 Å². The smallest absolute Gasteiger partial charge is 0.152 e. The minimum Gasteiger partial charge on any atom is -0.550 e. The Kier molecular flexibility index (Phi) is 9.23. The maximum absolute atomic E-state index is 13.1. The summed E-state index contributed by atoms with van der Waals surface area (Å²) < 4.78 is 11.9. The van der Waals surface area contributed by atoms with E-state index in [4.69, 9.17) is 9.47 Å². The molecule has 0 radical (unpaired) electrons. The number of carboxylic acids is 1. The van der Waals surface area contributed by atoms with E-state index >= 15 is 0 Å². The molecule has 186 valence electrons. The third kappa shape index (κ3) is 7.10. The zero-order chi connectivity index (χ0) is 24.5. The van der Waals surface area contributed by atoms with Gasteiger partial charge in [-0.1, -0.05) is 66.7 Å². The number of rotatable bonds is 11. The highest BCUT2D eigenvalue weighted by atomic mass is 16.5. The van der Waals surface area contributed by atoms with Crippen molar-refractivity contribution in [3.05, 3.63) is 72.3 Å². The molecule has 6 nitrogen and oxygen atoms in total. The fraction of sp³-hybridized carbons (Fsp3) is 0.448. The molecular formula is C29H34NO5-. The molecule has 1 heterocycles. The van der Waals surface area contributed by atoms with Crippen LogP contribution in [0, 0.1) is 5.92 Å². The summed E-state index contributed by atoms with van der Waals surface area (Å²) in [6.45, 7) is 3.31. The first kappa shape index (κ1) is 25.3. The van der Waals surface area contributed by atoms with Crippen LogP contribution in [0.5, 0.6) is 0 Å². The van der Waals surface area contributed by atoms with Crippen LogP contribution >= 0.6 is 0 Å². The molecule has 35 heavy (non-hydrogen) atoms. The number of ether oxygens (including phenoxy) is 2. The van der Waals surface area contributed by atoms with Crippen LogP contribution in [-0.2, 0) is 25.7 Å². The number of Topliss-reactive ketones (excluding diaryl/α,β-unsaturated/α-hetero) is 1. The summed E-state index contributed by atoms with van der Waals surface area (Å²) in [4.78, 5) is 25.9. The highest BCUT2D eigenvalue weighted by molar-refractivity contribution is 5.87. The molecule has 2 aliphatic rings. The maximum Gasteiger partial charge on any atom is 0.152 e. The standard InChI is InChI=1S/C29H35NO5/c31-26-20-27(35-21-22-12-14-24(15-13-22)23-8-4-3-5-9-23)25(10-6-1-2-7-11-28(32)33)29(26)30-16-18-34-19-17-30/h1-5,8-9,12-15,25,27,29H,6-7,10-11,16-21H2,(H,32,33)/p-1/b2-1-/t25-,27-,29+/m1/s1. The number of nitrogens with zero attached hydrogens (tertiary/aromatic N) is 1. The predicted molar refractivity (Wildman–Crippen MR) is 132 cm³/mol. The molecule has 1 saturated carbocycles. The van der Waals surface area contributed by atoms with Crippen molar-refractivity contribution in [1.29, 1.82) is 0 Å². The number of morpholine rings is 1. The van der Waals surface area contributed by atoms with Crippen LogP contribution in [0.25, 0.3) is 11.1 Å². The number of benzene rings is 2. The van der Waals surface area contributed by atoms with Gasteiger partial charge in [0.05, 0.1) is 32.0 Å². The van der Waals surface area contributed by atoms with Crippen LogP contribution in [0.15, 0.2) is 66.7 Å². The van der Waals surface area contributed by atoms with Crippen molar-refractivity contribution in [3.8, 4) is 11.1 Å². The fourth-order valence-electron chi connectivity index (χ4n) is 5.12. The number of hydrogen-bond donors (Lipinski definition) is 0. The van der Waals surface area contributed by atoms with Crippen LogP contribution in [0.3, 0.4) is 0 Å². The molecule has 0 N–H and O–H groups in total. The lowest BCUT2D eigenvalue weighted by Gasteiger charge is -2.35. The SMILES string of the molecule is O=C([O-])CC/C=C\CC[C@H]1[C@H](N2CCOCC2)C(=O)C[C@H]1OCc1ccc(-c2ccccc2)cc1. The summed E-state index contributed by atoms with van der Waals surface area (Å²) >= 11 is 0. The molecule has 1 aliphatic carbocycles. The molecule has 6 heteroatoms. The van der Waals surface area contributed by atoms with Crippen molar-refractivity contribution in [3.63, 3.8) is 0 Å². The number of hydrogen-bond acceptors (Lipinski definition) is 6. The fourth-order valence-corrected chi connectivity index (χ4v) is 5.12. The molecule has 0 spiro atoms. The van der Waals surface area contributed by atoms with Crippen LogP contribution in [-0.4, -0.2) is 55.1 Å². The molecule has 1 saturated heterocycles. The zero-order valence-electron chi connectivity index (χ0n) is 20.1. The Morgan fingerprint density at radius 2 is 1.69 bits per heavy atom. The van der Waals surface area contributed by atoms with Gasteiger partial charge < -0.3 is 19.4 Å². The Balaban J connectivity index is 1.38. The lowest BCUT2D eigenvalue weighted by atomic mass is 9.93. The summed E-state index contributed by atoms with van der Waals surface area (Å²) in [6.07, 6.45) is 6.33. The molecule has 0 aromatic heterocycles. The van der Waals surface area contributed by atoms with E-state index in [2.05, 4.69) is 41.3 Å². The van der Waals surface area contributed by atoms with Crippen LogP contribution in [0.2, 0.25) is 0 Å². The number of aliphatic carboxylic acids is 1. The van der Waals surface area contributed by atoms with Crippen LogP contribution in [0.4, 0.5) is 0 Å². The first-order valence-corrected chi connectivity index (χ1v) is 12.6. The van der Waals surface area contributed by atoms with Gasteiger partial charge in [0, 0.05) is 31.4 Å². The Labute approximate surface area is 207 Å². The minimum atomic E-state index is -1.03. The van der Waals surface area contributed by atoms with Crippen molar-refractivity contribution >= 4 is 11.8 Å². The average molecular weight is 477 g/mol. The van der Waals surface area contributed by atoms with Gasteiger partial charge in [0.2, 0.25) is 0 Å². The molecule has 0 amide bonds. The maximum atomic E-state index is 13.1. The number of carboxylic acid groups (broad SMARTS) is 1. The summed E-state index contributed by atoms with van der Waals surface area (Å²) in [5.74, 6) is -0.675. The van der Waals surface area contributed by atoms with Gasteiger partial charge in [-0.05, 0) is 42.4 Å². The molecule has 4 rings (SSSR count). The summed E-state index contributed by atoms with van der Waals surface area (Å²) in [5, 5.41) is 10.6. The zero-order valence-corrected chi connectivity index (χ0v) is 20.1. The first-order chi connectivity index (χ1) is 17.1. The predicted octanol–water partition coefficient (Wildman–Crippen LogP) is 3.40. The van der Waals surface area contributed by atoms with Gasteiger partial charge in [-0.2, -0.15) is 0 Å². The Morgan fingerprint density at radius 3 is 2.40 bits per heavy atom. The van der Waals surface area contributed by atoms with Crippen molar-refractivity contribution in [2.75, 3.05) is 26.3 Å². The Morgan fingerprint density at radius 1 is 1.00 bits per heavy atom. The van der Waals surface area contributed by atoms with E-state index in [-0.39, 0.29) is 30.3 Å². The third-order valence-electron chi connectivity index (χ3n) is 6.93. The van der Waals surface area contributed by atoms with Crippen molar-refractivity contribution in [2.45, 2.75) is 50.9 Å². The van der Waals surface area contributed by atoms with Gasteiger partial charge in [-0.3, -0.25) is 9.69 Å². The number of carbonyl (C=O) groups is 2. The number of ketones is 1. The second kappa shape index (κ2) is 12.8. The van der Waals surface area contributed by atoms with E-state index in [0.29, 0.717) is 32.7 Å². The average Bonchev–Trinajstić information content (AvgIpc) is 3.20. The molecular weight excluding hydrogens is 442 g/mol. The molecule has 0 bridgehead atoms. The Bertz CT molecular complexity index is 982. The lowest BCUT2D eigenvalue weighted by molar-refractivity contribution is -0.305. The highest BCUT2D eigenvalue weighted by Crippen LogP contribution is 2.35. The second-order valence-electron chi connectivity index (χ2n) is 9.30. The van der Waals surface area contributed by atoms with Gasteiger partial charge in [0.15, 0.2) is 5.78 Å². The summed E-state index contributed by atoms with van der Waals surface area (Å²) in [5.41, 5.74) is 3.44. The summed E-state index contributed by atoms with van der Waals surface area (Å²) in [7, 11) is 0. The van der Waals surface area contributed by atoms with E-state index in [1.165, 1.54) is 11.1 Å². The Hall–Kier alpha value is -2.80. The van der Waals surface area contributed by atoms with Crippen molar-refractivity contribution < 1.29 is 24.2 Å². The van der Waals surface area contributed by atoms with E-state index in [1.807, 2.05) is 30.4 Å². The minimum absolute atomic E-state index is 0.0314. The van der Waals surface area contributed by atoms with Crippen molar-refractivity contribution in [2.24, 2.45) is 5.92 Å². The molecule has 0 unspecified atom stereocenters. The quantitative estimate of drug-likeness (QED) is 0.463. The first-order valence-electron chi connectivity index (χ1n) is 12.6. The van der Waals surface area contributed by atoms with E-state index in [0.717, 1.165) is 31.5 Å². The molecule has 2 aromatic rings. The molecule has 2 fully saturated rings. The lowest BCUT2D eigenvalue weighted by Crippen LogP contribution is -2.49. The summed E-state index contributed by atoms with van der Waals surface area (Å²) in [6, 6.07) is 18.5. The van der Waals surface area contributed by atoms with E-state index in [9.17, 15) is 14.7 Å². The van der Waals surface area contributed by atoms with Gasteiger partial charge in [0.1, 0.15) is 0 Å². The largest absolute Gasteiger partial charge is 0.550 e. The van der Waals surface area contributed by atoms with E-state index < -0.39 is 5.97 Å². The van der Waals surface area contributed by atoms with Crippen LogP contribution < -0.4 is 5.11 Å². The molecule has 3 atom stereocenters. The topological polar surface area (TPSA) is 78.9 Å². The monoisotopic (exact) mass is 476 g/mol.